The molecule has 0 aliphatic rings. The average Bonchev–Trinajstić information content (AvgIpc) is 2.25. The Labute approximate surface area is 119 Å². The van der Waals surface area contributed by atoms with Gasteiger partial charge in [0, 0.05) is 0 Å². The predicted molar refractivity (Wildman–Crippen MR) is 65.4 cm³/mol. The number of esters is 1. The number of carboxylic acids is 1. The maximum absolute atomic E-state index is 10.7. The molecule has 6 nitrogen and oxygen atoms in total. The van der Waals surface area contributed by atoms with Gasteiger partial charge in [0.15, 0.2) is 5.92 Å². The largest absolute Gasteiger partial charge is 2.00 e. The standard InChI is InChI=1S/C7H12O4.C3H5NO.Mg.2H/c1-3-4-5(6(8)9)7(10)11-2;1-2-3(4)5;;;/h5H,3-4H2,1-2H3,(H,8,9);2H,1H2,(H2,4,5);;;/q;;+2;2*-1. The van der Waals surface area contributed by atoms with Crippen LogP contribution in [-0.4, -0.2) is 53.1 Å². The van der Waals surface area contributed by atoms with Crippen molar-refractivity contribution in [2.45, 2.75) is 19.8 Å². The van der Waals surface area contributed by atoms with Gasteiger partial charge in [0.05, 0.1) is 7.11 Å². The summed E-state index contributed by atoms with van der Waals surface area (Å²) in [7, 11) is 1.19. The molecule has 0 heterocycles. The van der Waals surface area contributed by atoms with Crippen molar-refractivity contribution in [3.05, 3.63) is 12.7 Å². The second-order valence-electron chi connectivity index (χ2n) is 2.81. The van der Waals surface area contributed by atoms with Crippen molar-refractivity contribution in [3.63, 3.8) is 0 Å². The molecule has 0 aromatic rings. The molecule has 17 heavy (non-hydrogen) atoms. The number of ether oxygens (including phenoxy) is 1. The van der Waals surface area contributed by atoms with Gasteiger partial charge in [-0.2, -0.15) is 0 Å². The van der Waals surface area contributed by atoms with Crippen LogP contribution >= 0.6 is 0 Å². The Morgan fingerprint density at radius 1 is 1.53 bits per heavy atom. The molecule has 0 spiro atoms. The summed E-state index contributed by atoms with van der Waals surface area (Å²) in [6.45, 7) is 4.90. The SMILES string of the molecule is C=CC(N)=O.CCCC(C(=O)O)C(=O)OC.[H-].[H-].[Mg+2]. The first-order valence-corrected chi connectivity index (χ1v) is 4.63. The fourth-order valence-corrected chi connectivity index (χ4v) is 0.773. The fourth-order valence-electron chi connectivity index (χ4n) is 0.773. The summed E-state index contributed by atoms with van der Waals surface area (Å²) < 4.78 is 4.31. The molecule has 0 rings (SSSR count). The maximum atomic E-state index is 10.7. The molecule has 96 valence electrons. The topological polar surface area (TPSA) is 107 Å². The zero-order valence-corrected chi connectivity index (χ0v) is 11.6. The van der Waals surface area contributed by atoms with Gasteiger partial charge in [-0.3, -0.25) is 14.4 Å². The van der Waals surface area contributed by atoms with Crippen molar-refractivity contribution in [1.29, 1.82) is 0 Å². The molecule has 0 aliphatic carbocycles. The van der Waals surface area contributed by atoms with Crippen molar-refractivity contribution in [1.82, 2.24) is 0 Å². The number of carboxylic acid groups (broad SMARTS) is 1. The van der Waals surface area contributed by atoms with Crippen LogP contribution in [0.15, 0.2) is 12.7 Å². The number of hydrogen-bond acceptors (Lipinski definition) is 4. The summed E-state index contributed by atoms with van der Waals surface area (Å²) in [4.78, 5) is 30.6. The van der Waals surface area contributed by atoms with E-state index in [0.717, 1.165) is 6.08 Å². The summed E-state index contributed by atoms with van der Waals surface area (Å²) >= 11 is 0. The molecule has 0 radical (unpaired) electrons. The van der Waals surface area contributed by atoms with Gasteiger partial charge in [-0.15, -0.1) is 0 Å². The van der Waals surface area contributed by atoms with Crippen molar-refractivity contribution < 1.29 is 27.1 Å². The zero-order chi connectivity index (χ0) is 13.1. The molecule has 1 unspecified atom stereocenters. The van der Waals surface area contributed by atoms with E-state index >= 15 is 0 Å². The van der Waals surface area contributed by atoms with E-state index in [0.29, 0.717) is 12.8 Å². The molecule has 0 aromatic heterocycles. The molecule has 0 fully saturated rings. The van der Waals surface area contributed by atoms with Crippen LogP contribution in [0.2, 0.25) is 0 Å². The van der Waals surface area contributed by atoms with Crippen LogP contribution in [0.3, 0.4) is 0 Å². The first-order valence-electron chi connectivity index (χ1n) is 4.63. The maximum Gasteiger partial charge on any atom is 2.00 e. The summed E-state index contributed by atoms with van der Waals surface area (Å²) in [5, 5.41) is 8.51. The van der Waals surface area contributed by atoms with Gasteiger partial charge in [-0.25, -0.2) is 0 Å². The molecular weight excluding hydrogens is 238 g/mol. The van der Waals surface area contributed by atoms with Gasteiger partial charge >= 0.3 is 35.0 Å². The van der Waals surface area contributed by atoms with Crippen LogP contribution in [0, 0.1) is 5.92 Å². The molecule has 1 atom stereocenters. The first kappa shape index (κ1) is 21.2. The van der Waals surface area contributed by atoms with Gasteiger partial charge in [-0.05, 0) is 12.5 Å². The van der Waals surface area contributed by atoms with E-state index in [-0.39, 0.29) is 25.9 Å². The minimum Gasteiger partial charge on any atom is -1.00 e. The number of aliphatic carboxylic acids is 1. The van der Waals surface area contributed by atoms with E-state index < -0.39 is 23.8 Å². The number of rotatable bonds is 5. The molecule has 7 heteroatoms. The van der Waals surface area contributed by atoms with Gasteiger partial charge in [0.1, 0.15) is 0 Å². The number of carbonyl (C=O) groups is 3. The summed E-state index contributed by atoms with van der Waals surface area (Å²) in [6, 6.07) is 0. The first-order chi connectivity index (χ1) is 7.40. The second-order valence-corrected chi connectivity index (χ2v) is 2.81. The Morgan fingerprint density at radius 3 is 2.12 bits per heavy atom. The summed E-state index contributed by atoms with van der Waals surface area (Å²) in [5.41, 5.74) is 4.53. The molecule has 0 aliphatic heterocycles. The number of carbonyl (C=O) groups excluding carboxylic acids is 2. The van der Waals surface area contributed by atoms with Crippen LogP contribution < -0.4 is 5.73 Å². The van der Waals surface area contributed by atoms with Gasteiger partial charge < -0.3 is 18.4 Å². The smallest absolute Gasteiger partial charge is 1.00 e. The van der Waals surface area contributed by atoms with E-state index in [1.807, 2.05) is 6.92 Å². The summed E-state index contributed by atoms with van der Waals surface area (Å²) in [6.07, 6.45) is 2.05. The Morgan fingerprint density at radius 2 is 1.94 bits per heavy atom. The number of nitrogens with two attached hydrogens (primary N) is 1. The number of methoxy groups -OCH3 is 1. The second kappa shape index (κ2) is 13.0. The Kier molecular flexibility index (Phi) is 16.2. The van der Waals surface area contributed by atoms with Crippen molar-refractivity contribution in [2.24, 2.45) is 11.7 Å². The minimum absolute atomic E-state index is 0. The Balaban J connectivity index is -0.0000000717. The van der Waals surface area contributed by atoms with Crippen LogP contribution in [0.1, 0.15) is 22.6 Å². The van der Waals surface area contributed by atoms with Gasteiger partial charge in [0.25, 0.3) is 0 Å². The Bertz CT molecular complexity index is 277. The van der Waals surface area contributed by atoms with E-state index in [9.17, 15) is 14.4 Å². The molecular formula is C10H19MgNO5. The molecule has 1 amide bonds. The van der Waals surface area contributed by atoms with Crippen molar-refractivity contribution >= 4 is 40.9 Å². The van der Waals surface area contributed by atoms with Crippen LogP contribution in [0.5, 0.6) is 0 Å². The van der Waals surface area contributed by atoms with E-state index in [2.05, 4.69) is 17.0 Å². The van der Waals surface area contributed by atoms with E-state index in [1.54, 1.807) is 0 Å². The fraction of sp³-hybridized carbons (Fsp3) is 0.500. The van der Waals surface area contributed by atoms with Crippen molar-refractivity contribution in [2.75, 3.05) is 7.11 Å². The van der Waals surface area contributed by atoms with E-state index in [4.69, 9.17) is 5.11 Å². The molecule has 0 aromatic carbocycles. The average molecular weight is 258 g/mol. The minimum atomic E-state index is -1.11. The zero-order valence-electron chi connectivity index (χ0n) is 12.1. The van der Waals surface area contributed by atoms with Gasteiger partial charge in [0.2, 0.25) is 5.91 Å². The predicted octanol–water partition coefficient (Wildman–Crippen LogP) is 0.162. The molecule has 0 saturated carbocycles. The van der Waals surface area contributed by atoms with E-state index in [1.165, 1.54) is 7.11 Å². The normalized spacial score (nSPS) is 9.76. The monoisotopic (exact) mass is 257 g/mol. The van der Waals surface area contributed by atoms with Gasteiger partial charge in [-0.1, -0.05) is 19.9 Å². The Hall–Kier alpha value is -1.08. The number of hydrogen-bond donors (Lipinski definition) is 2. The van der Waals surface area contributed by atoms with Crippen LogP contribution in [0.25, 0.3) is 0 Å². The van der Waals surface area contributed by atoms with Crippen molar-refractivity contribution in [3.8, 4) is 0 Å². The molecule has 0 bridgehead atoms. The quantitative estimate of drug-likeness (QED) is 0.316. The number of amides is 1. The molecule has 3 N–H and O–H groups in total. The van der Waals surface area contributed by atoms with Crippen LogP contribution in [-0.2, 0) is 19.1 Å². The number of primary amides is 1. The molecule has 0 saturated heterocycles. The third-order valence-corrected chi connectivity index (χ3v) is 1.56. The third kappa shape index (κ3) is 12.8. The van der Waals surface area contributed by atoms with Crippen LogP contribution in [0.4, 0.5) is 0 Å². The summed E-state index contributed by atoms with van der Waals surface area (Å²) in [5.74, 6) is -3.26. The third-order valence-electron chi connectivity index (χ3n) is 1.56.